The van der Waals surface area contributed by atoms with Gasteiger partial charge >= 0.3 is 0 Å². The van der Waals surface area contributed by atoms with Crippen LogP contribution in [0.25, 0.3) is 0 Å². The van der Waals surface area contributed by atoms with E-state index in [2.05, 4.69) is 10.1 Å². The first-order valence-corrected chi connectivity index (χ1v) is 5.75. The fraction of sp³-hybridized carbons (Fsp3) is 0.333. The molecular formula is C12H14ClN3O. The van der Waals surface area contributed by atoms with Gasteiger partial charge in [-0.15, -0.1) is 0 Å². The van der Waals surface area contributed by atoms with Crippen LogP contribution in [0.2, 0.25) is 5.02 Å². The van der Waals surface area contributed by atoms with Gasteiger partial charge in [-0.1, -0.05) is 23.7 Å². The van der Waals surface area contributed by atoms with Crippen molar-refractivity contribution in [3.8, 4) is 0 Å². The number of rotatable bonds is 3. The van der Waals surface area contributed by atoms with Crippen LogP contribution in [0, 0.1) is 13.8 Å². The van der Waals surface area contributed by atoms with E-state index in [-0.39, 0.29) is 0 Å². The van der Waals surface area contributed by atoms with Crippen molar-refractivity contribution in [2.24, 2.45) is 0 Å². The van der Waals surface area contributed by atoms with Crippen LogP contribution in [0.4, 0.5) is 0 Å². The Kier molecular flexibility index (Phi) is 3.45. The van der Waals surface area contributed by atoms with Crippen LogP contribution in [0.3, 0.4) is 0 Å². The van der Waals surface area contributed by atoms with Crippen LogP contribution in [-0.2, 0) is 6.54 Å². The predicted octanol–water partition coefficient (Wildman–Crippen LogP) is 2.28. The molecule has 0 fully saturated rings. The van der Waals surface area contributed by atoms with Crippen LogP contribution in [0.1, 0.15) is 23.3 Å². The second-order valence-electron chi connectivity index (χ2n) is 3.96. The average molecular weight is 252 g/mol. The molecule has 0 saturated carbocycles. The third-order valence-corrected chi connectivity index (χ3v) is 2.82. The average Bonchev–Trinajstić information content (AvgIpc) is 2.58. The first-order chi connectivity index (χ1) is 8.06. The van der Waals surface area contributed by atoms with Crippen molar-refractivity contribution >= 4 is 11.6 Å². The second-order valence-corrected chi connectivity index (χ2v) is 4.39. The summed E-state index contributed by atoms with van der Waals surface area (Å²) in [4.78, 5) is 4.19. The van der Waals surface area contributed by atoms with Gasteiger partial charge in [0, 0.05) is 5.02 Å². The number of halogens is 1. The number of aromatic nitrogens is 3. The molecule has 4 nitrogen and oxygen atoms in total. The van der Waals surface area contributed by atoms with Crippen LogP contribution >= 0.6 is 11.6 Å². The van der Waals surface area contributed by atoms with E-state index >= 15 is 0 Å². The van der Waals surface area contributed by atoms with E-state index in [1.807, 2.05) is 26.0 Å². The number of aliphatic hydroxyl groups is 1. The minimum absolute atomic E-state index is 0.397. The first kappa shape index (κ1) is 12.1. The molecule has 0 aliphatic carbocycles. The number of aryl methyl sites for hydroxylation is 2. The topological polar surface area (TPSA) is 50.9 Å². The summed E-state index contributed by atoms with van der Waals surface area (Å²) in [6.45, 7) is 4.10. The summed E-state index contributed by atoms with van der Waals surface area (Å²) in [5, 5.41) is 14.9. The lowest BCUT2D eigenvalue weighted by molar-refractivity contribution is 0.150. The van der Waals surface area contributed by atoms with Gasteiger partial charge < -0.3 is 5.11 Å². The molecule has 1 aromatic heterocycles. The Morgan fingerprint density at radius 3 is 2.47 bits per heavy atom. The highest BCUT2D eigenvalue weighted by atomic mass is 35.5. The maximum Gasteiger partial charge on any atom is 0.147 e. The fourth-order valence-electron chi connectivity index (χ4n) is 1.69. The van der Waals surface area contributed by atoms with E-state index in [9.17, 15) is 5.11 Å². The molecule has 0 bridgehead atoms. The number of hydrogen-bond donors (Lipinski definition) is 1. The molecule has 17 heavy (non-hydrogen) atoms. The summed E-state index contributed by atoms with van der Waals surface area (Å²) in [6.07, 6.45) is -0.605. The SMILES string of the molecule is Cc1nc(C)n(CC(O)c2ccc(Cl)cc2)n1. The van der Waals surface area contributed by atoms with E-state index < -0.39 is 6.10 Å². The maximum absolute atomic E-state index is 10.1. The number of benzene rings is 1. The maximum atomic E-state index is 10.1. The molecule has 0 amide bonds. The van der Waals surface area contributed by atoms with Crippen molar-refractivity contribution in [2.45, 2.75) is 26.5 Å². The van der Waals surface area contributed by atoms with Gasteiger partial charge in [0.25, 0.3) is 0 Å². The molecule has 1 atom stereocenters. The molecule has 1 heterocycles. The third-order valence-electron chi connectivity index (χ3n) is 2.56. The van der Waals surface area contributed by atoms with Gasteiger partial charge in [0.05, 0.1) is 12.6 Å². The molecule has 1 N–H and O–H groups in total. The van der Waals surface area contributed by atoms with Crippen molar-refractivity contribution in [1.82, 2.24) is 14.8 Å². The molecule has 0 aliphatic heterocycles. The smallest absolute Gasteiger partial charge is 0.147 e. The highest BCUT2D eigenvalue weighted by Gasteiger charge is 2.11. The van der Waals surface area contributed by atoms with Crippen LogP contribution in [0.5, 0.6) is 0 Å². The Morgan fingerprint density at radius 1 is 1.29 bits per heavy atom. The fourth-order valence-corrected chi connectivity index (χ4v) is 1.81. The van der Waals surface area contributed by atoms with Gasteiger partial charge in [-0.25, -0.2) is 9.67 Å². The molecule has 0 aliphatic rings. The van der Waals surface area contributed by atoms with E-state index in [0.717, 1.165) is 11.4 Å². The van der Waals surface area contributed by atoms with Crippen molar-refractivity contribution in [1.29, 1.82) is 0 Å². The summed E-state index contributed by atoms with van der Waals surface area (Å²) in [6, 6.07) is 7.15. The van der Waals surface area contributed by atoms with E-state index in [1.54, 1.807) is 16.8 Å². The molecular weight excluding hydrogens is 238 g/mol. The summed E-state index contributed by atoms with van der Waals surface area (Å²) >= 11 is 5.80. The highest BCUT2D eigenvalue weighted by Crippen LogP contribution is 2.18. The van der Waals surface area contributed by atoms with Crippen molar-refractivity contribution in [3.63, 3.8) is 0 Å². The van der Waals surface area contributed by atoms with Crippen molar-refractivity contribution < 1.29 is 5.11 Å². The van der Waals surface area contributed by atoms with Gasteiger partial charge in [0.1, 0.15) is 11.6 Å². The molecule has 2 rings (SSSR count). The van der Waals surface area contributed by atoms with Crippen LogP contribution in [-0.4, -0.2) is 19.9 Å². The Labute approximate surface area is 105 Å². The van der Waals surface area contributed by atoms with Crippen molar-refractivity contribution in [3.05, 3.63) is 46.5 Å². The number of hydrogen-bond acceptors (Lipinski definition) is 3. The Balaban J connectivity index is 2.13. The summed E-state index contributed by atoms with van der Waals surface area (Å²) in [7, 11) is 0. The van der Waals surface area contributed by atoms with E-state index in [0.29, 0.717) is 17.4 Å². The lowest BCUT2D eigenvalue weighted by atomic mass is 10.1. The first-order valence-electron chi connectivity index (χ1n) is 5.38. The van der Waals surface area contributed by atoms with Crippen molar-refractivity contribution in [2.75, 3.05) is 0 Å². The highest BCUT2D eigenvalue weighted by molar-refractivity contribution is 6.30. The Bertz CT molecular complexity index is 507. The summed E-state index contributed by atoms with van der Waals surface area (Å²) in [5.74, 6) is 1.52. The molecule has 0 saturated heterocycles. The molecule has 1 unspecified atom stereocenters. The zero-order valence-corrected chi connectivity index (χ0v) is 10.5. The zero-order valence-electron chi connectivity index (χ0n) is 9.76. The Hall–Kier alpha value is -1.39. The van der Waals surface area contributed by atoms with Gasteiger partial charge in [0.2, 0.25) is 0 Å². The lowest BCUT2D eigenvalue weighted by Gasteiger charge is -2.11. The molecule has 0 radical (unpaired) electrons. The van der Waals surface area contributed by atoms with Gasteiger partial charge in [-0.3, -0.25) is 0 Å². The molecule has 0 spiro atoms. The normalized spacial score (nSPS) is 12.7. The van der Waals surface area contributed by atoms with Gasteiger partial charge in [-0.05, 0) is 31.5 Å². The quantitative estimate of drug-likeness (QED) is 0.911. The summed E-state index contributed by atoms with van der Waals surface area (Å²) < 4.78 is 1.70. The molecule has 2 aromatic rings. The van der Waals surface area contributed by atoms with Crippen LogP contribution in [0.15, 0.2) is 24.3 Å². The lowest BCUT2D eigenvalue weighted by Crippen LogP contribution is -2.11. The predicted molar refractivity (Wildman–Crippen MR) is 65.9 cm³/mol. The molecule has 5 heteroatoms. The number of aliphatic hydroxyl groups excluding tert-OH is 1. The van der Waals surface area contributed by atoms with Gasteiger partial charge in [-0.2, -0.15) is 5.10 Å². The van der Waals surface area contributed by atoms with Gasteiger partial charge in [0.15, 0.2) is 0 Å². The van der Waals surface area contributed by atoms with E-state index in [4.69, 9.17) is 11.6 Å². The number of nitrogens with zero attached hydrogens (tertiary/aromatic N) is 3. The van der Waals surface area contributed by atoms with E-state index in [1.165, 1.54) is 0 Å². The monoisotopic (exact) mass is 251 g/mol. The third kappa shape index (κ3) is 2.84. The zero-order chi connectivity index (χ0) is 12.4. The largest absolute Gasteiger partial charge is 0.386 e. The van der Waals surface area contributed by atoms with Crippen LogP contribution < -0.4 is 0 Å². The standard InChI is InChI=1S/C12H14ClN3O/c1-8-14-9(2)16(15-8)7-12(17)10-3-5-11(13)6-4-10/h3-6,12,17H,7H2,1-2H3. The minimum atomic E-state index is -0.605. The molecule has 1 aromatic carbocycles. The molecule has 90 valence electrons. The second kappa shape index (κ2) is 4.85. The minimum Gasteiger partial charge on any atom is -0.386 e. The summed E-state index contributed by atoms with van der Waals surface area (Å²) in [5.41, 5.74) is 0.821. The Morgan fingerprint density at radius 2 is 1.94 bits per heavy atom.